The van der Waals surface area contributed by atoms with E-state index < -0.39 is 12.1 Å². The van der Waals surface area contributed by atoms with Crippen LogP contribution in [0.4, 0.5) is 0 Å². The molecule has 3 N–H and O–H groups in total. The largest absolute Gasteiger partial charge is 0.481 e. The van der Waals surface area contributed by atoms with Gasteiger partial charge in [-0.1, -0.05) is 53.3 Å². The van der Waals surface area contributed by atoms with Gasteiger partial charge in [-0.05, 0) is 63.7 Å². The van der Waals surface area contributed by atoms with Gasteiger partial charge in [-0.3, -0.25) is 4.79 Å². The minimum Gasteiger partial charge on any atom is -0.481 e. The molecule has 2 aliphatic carbocycles. The molecule has 0 radical (unpaired) electrons. The first kappa shape index (κ1) is 22.2. The molecule has 0 aromatic heterocycles. The maximum Gasteiger partial charge on any atom is 0.303 e. The quantitative estimate of drug-likeness (QED) is 0.201. The third-order valence-corrected chi connectivity index (χ3v) is 5.50. The predicted octanol–water partition coefficient (Wildman–Crippen LogP) is 5.02. The highest BCUT2D eigenvalue weighted by atomic mass is 16.4. The van der Waals surface area contributed by atoms with E-state index in [1.807, 2.05) is 18.2 Å². The molecule has 1 unspecified atom stereocenters. The number of aliphatic hydroxyl groups excluding tert-OH is 1. The van der Waals surface area contributed by atoms with Gasteiger partial charge < -0.3 is 15.4 Å². The summed E-state index contributed by atoms with van der Waals surface area (Å²) < 4.78 is 0. The summed E-state index contributed by atoms with van der Waals surface area (Å²) in [6.07, 6.45) is 22.0. The zero-order chi connectivity index (χ0) is 20.2. The van der Waals surface area contributed by atoms with Gasteiger partial charge in [0.05, 0.1) is 11.8 Å². The lowest BCUT2D eigenvalue weighted by Gasteiger charge is -2.15. The molecule has 0 saturated heterocycles. The molecule has 1 saturated carbocycles. The maximum absolute atomic E-state index is 10.5. The smallest absolute Gasteiger partial charge is 0.303 e. The van der Waals surface area contributed by atoms with Crippen molar-refractivity contribution in [3.05, 3.63) is 48.1 Å². The number of aliphatic hydroxyl groups is 1. The van der Waals surface area contributed by atoms with Crippen LogP contribution in [0, 0.1) is 11.8 Å². The Hall–Kier alpha value is -2.14. The molecule has 0 spiro atoms. The third kappa shape index (κ3) is 7.85. The van der Waals surface area contributed by atoms with Crippen molar-refractivity contribution >= 4 is 11.7 Å². The Kier molecular flexibility index (Phi) is 9.77. The highest BCUT2D eigenvalue weighted by molar-refractivity contribution is 5.90. The van der Waals surface area contributed by atoms with Crippen LogP contribution in [0.2, 0.25) is 0 Å². The van der Waals surface area contributed by atoms with E-state index in [0.717, 1.165) is 50.7 Å². The lowest BCUT2D eigenvalue weighted by atomic mass is 9.90. The zero-order valence-electron chi connectivity index (χ0n) is 16.5. The number of carboxylic acids is 1. The fourth-order valence-electron chi connectivity index (χ4n) is 3.87. The van der Waals surface area contributed by atoms with Gasteiger partial charge >= 0.3 is 5.97 Å². The second kappa shape index (κ2) is 12.3. The van der Waals surface area contributed by atoms with Gasteiger partial charge in [-0.25, -0.2) is 0 Å². The second-order valence-corrected chi connectivity index (χ2v) is 7.66. The number of nitrogens with zero attached hydrogens (tertiary/aromatic N) is 1. The molecule has 5 nitrogen and oxygen atoms in total. The van der Waals surface area contributed by atoms with E-state index in [0.29, 0.717) is 18.8 Å². The van der Waals surface area contributed by atoms with Crippen LogP contribution in [0.25, 0.3) is 0 Å². The third-order valence-electron chi connectivity index (χ3n) is 5.50. The number of oxime groups is 1. The van der Waals surface area contributed by atoms with E-state index >= 15 is 0 Å². The number of unbranched alkanes of at least 4 members (excludes halogenated alkanes) is 1. The zero-order valence-corrected chi connectivity index (χ0v) is 16.5. The van der Waals surface area contributed by atoms with E-state index in [1.54, 1.807) is 0 Å². The maximum atomic E-state index is 10.5. The Morgan fingerprint density at radius 1 is 1.32 bits per heavy atom. The molecule has 0 bridgehead atoms. The van der Waals surface area contributed by atoms with E-state index in [9.17, 15) is 15.1 Å². The molecule has 3 atom stereocenters. The van der Waals surface area contributed by atoms with Crippen molar-refractivity contribution in [1.29, 1.82) is 0 Å². The molecular formula is C23H33NO4. The summed E-state index contributed by atoms with van der Waals surface area (Å²) in [7, 11) is 0. The first-order chi connectivity index (χ1) is 13.6. The average molecular weight is 388 g/mol. The summed E-state index contributed by atoms with van der Waals surface area (Å²) in [5.41, 5.74) is 2.08. The number of aliphatic carboxylic acids is 1. The van der Waals surface area contributed by atoms with Gasteiger partial charge in [0.15, 0.2) is 0 Å². The van der Waals surface area contributed by atoms with E-state index in [-0.39, 0.29) is 12.3 Å². The fraction of sp³-hybridized carbons (Fsp3) is 0.565. The van der Waals surface area contributed by atoms with Crippen molar-refractivity contribution in [3.63, 3.8) is 0 Å². The molecule has 0 aliphatic heterocycles. The Balaban J connectivity index is 1.80. The van der Waals surface area contributed by atoms with Crippen LogP contribution in [-0.2, 0) is 4.79 Å². The fourth-order valence-corrected chi connectivity index (χ4v) is 3.87. The van der Waals surface area contributed by atoms with Crippen LogP contribution in [0.3, 0.4) is 0 Å². The van der Waals surface area contributed by atoms with Gasteiger partial charge in [-0.15, -0.1) is 0 Å². The van der Waals surface area contributed by atoms with Crippen LogP contribution >= 0.6 is 0 Å². The van der Waals surface area contributed by atoms with Crippen molar-refractivity contribution < 1.29 is 20.2 Å². The predicted molar refractivity (Wildman–Crippen MR) is 112 cm³/mol. The standard InChI is InChI=1S/C23H33NO4/c25-20(14-12-18-8-4-3-5-9-18)15-16-21-19(13-17-22(21)24-28)10-6-1-2-7-11-23(26)27/h1,4,6,8-9,15-16,19-21,25,28H,2-3,5,7,10-14,17H2,(H,26,27)/b6-1-,16-15+,24-22-/t19-,20?,21+/m0/s1. The highest BCUT2D eigenvalue weighted by Gasteiger charge is 2.30. The topological polar surface area (TPSA) is 90.1 Å². The van der Waals surface area contributed by atoms with Gasteiger partial charge in [0, 0.05) is 12.3 Å². The molecular weight excluding hydrogens is 354 g/mol. The molecule has 5 heteroatoms. The molecule has 0 heterocycles. The van der Waals surface area contributed by atoms with Crippen LogP contribution in [0.15, 0.2) is 53.3 Å². The minimum atomic E-state index is -0.757. The monoisotopic (exact) mass is 387 g/mol. The normalized spacial score (nSPS) is 25.0. The lowest BCUT2D eigenvalue weighted by Crippen LogP contribution is -2.13. The van der Waals surface area contributed by atoms with Crippen LogP contribution in [-0.4, -0.2) is 33.2 Å². The highest BCUT2D eigenvalue weighted by Crippen LogP contribution is 2.34. The molecule has 2 rings (SSSR count). The summed E-state index contributed by atoms with van der Waals surface area (Å²) >= 11 is 0. The van der Waals surface area contributed by atoms with Crippen molar-refractivity contribution in [2.75, 3.05) is 0 Å². The van der Waals surface area contributed by atoms with Gasteiger partial charge in [-0.2, -0.15) is 0 Å². The average Bonchev–Trinajstić information content (AvgIpc) is 3.09. The summed E-state index contributed by atoms with van der Waals surface area (Å²) in [5.74, 6) is -0.348. The van der Waals surface area contributed by atoms with E-state index in [1.165, 1.54) is 5.57 Å². The second-order valence-electron chi connectivity index (χ2n) is 7.66. The van der Waals surface area contributed by atoms with Crippen molar-refractivity contribution in [2.45, 2.75) is 70.3 Å². The van der Waals surface area contributed by atoms with Crippen LogP contribution < -0.4 is 0 Å². The summed E-state index contributed by atoms with van der Waals surface area (Å²) in [4.78, 5) is 10.5. The lowest BCUT2D eigenvalue weighted by molar-refractivity contribution is -0.137. The van der Waals surface area contributed by atoms with Gasteiger partial charge in [0.25, 0.3) is 0 Å². The number of rotatable bonds is 11. The number of carbonyl (C=O) groups is 1. The molecule has 0 aromatic carbocycles. The summed E-state index contributed by atoms with van der Waals surface area (Å²) in [6, 6.07) is 0. The van der Waals surface area contributed by atoms with E-state index in [4.69, 9.17) is 5.11 Å². The van der Waals surface area contributed by atoms with Crippen molar-refractivity contribution in [3.8, 4) is 0 Å². The Morgan fingerprint density at radius 2 is 2.18 bits per heavy atom. The first-order valence-corrected chi connectivity index (χ1v) is 10.4. The van der Waals surface area contributed by atoms with Crippen molar-refractivity contribution in [1.82, 2.24) is 0 Å². The minimum absolute atomic E-state index is 0.0529. The Morgan fingerprint density at radius 3 is 2.89 bits per heavy atom. The van der Waals surface area contributed by atoms with Gasteiger partial charge in [0.2, 0.25) is 0 Å². The molecule has 28 heavy (non-hydrogen) atoms. The SMILES string of the molecule is O=C(O)CCC/C=C\C[C@H]1CC/C(=N/O)[C@@H]1/C=C/C(O)CCC1=CCCC=C1. The summed E-state index contributed by atoms with van der Waals surface area (Å²) in [6.45, 7) is 0. The van der Waals surface area contributed by atoms with Crippen LogP contribution in [0.1, 0.15) is 64.2 Å². The molecule has 2 aliphatic rings. The van der Waals surface area contributed by atoms with Crippen molar-refractivity contribution in [2.24, 2.45) is 17.0 Å². The number of allylic oxidation sites excluding steroid dienone is 7. The van der Waals surface area contributed by atoms with Crippen LogP contribution in [0.5, 0.6) is 0 Å². The number of carboxylic acid groups (broad SMARTS) is 1. The molecule has 1 fully saturated rings. The Labute approximate surface area is 167 Å². The van der Waals surface area contributed by atoms with Gasteiger partial charge in [0.1, 0.15) is 0 Å². The van der Waals surface area contributed by atoms with E-state index in [2.05, 4.69) is 29.5 Å². The Bertz CT molecular complexity index is 645. The molecule has 0 aromatic rings. The molecule has 154 valence electrons. The first-order valence-electron chi connectivity index (χ1n) is 10.4. The number of hydrogen-bond acceptors (Lipinski definition) is 4. The molecule has 0 amide bonds. The number of hydrogen-bond donors (Lipinski definition) is 3. The summed E-state index contributed by atoms with van der Waals surface area (Å²) in [5, 5.41) is 31.7.